The zero-order valence-electron chi connectivity index (χ0n) is 8.00. The van der Waals surface area contributed by atoms with Crippen molar-refractivity contribution in [3.8, 4) is 0 Å². The number of aliphatic hydroxyl groups is 2. The normalized spacial score (nSPS) is 18.5. The number of rotatable bonds is 3. The van der Waals surface area contributed by atoms with E-state index in [-0.39, 0.29) is 0 Å². The molecule has 15 heavy (non-hydrogen) atoms. The molecule has 1 fully saturated rings. The van der Waals surface area contributed by atoms with Crippen LogP contribution < -0.4 is 0 Å². The number of carboxylic acids is 2. The molecule has 1 heterocycles. The van der Waals surface area contributed by atoms with Crippen LogP contribution in [0.15, 0.2) is 0 Å². The highest BCUT2D eigenvalue weighted by Crippen LogP contribution is 1.98. The summed E-state index contributed by atoms with van der Waals surface area (Å²) in [5.41, 5.74) is 0. The van der Waals surface area contributed by atoms with E-state index >= 15 is 0 Å². The SMILES string of the molecule is C1CCOC1.O=C(O)[C@H](O)[C@@H](O)C(=O)O. The summed E-state index contributed by atoms with van der Waals surface area (Å²) in [7, 11) is 0. The average Bonchev–Trinajstić information content (AvgIpc) is 2.73. The van der Waals surface area contributed by atoms with Crippen molar-refractivity contribution in [2.24, 2.45) is 0 Å². The first-order chi connectivity index (χ1) is 6.96. The monoisotopic (exact) mass is 222 g/mol. The van der Waals surface area contributed by atoms with Crippen LogP contribution in [0.5, 0.6) is 0 Å². The first-order valence-corrected chi connectivity index (χ1v) is 4.36. The largest absolute Gasteiger partial charge is 0.479 e. The Kier molecular flexibility index (Phi) is 6.59. The fourth-order valence-electron chi connectivity index (χ4n) is 0.780. The fourth-order valence-corrected chi connectivity index (χ4v) is 0.780. The smallest absolute Gasteiger partial charge is 0.335 e. The molecule has 2 atom stereocenters. The Morgan fingerprint density at radius 3 is 1.40 bits per heavy atom. The third-order valence-corrected chi connectivity index (χ3v) is 1.63. The maximum absolute atomic E-state index is 9.77. The van der Waals surface area contributed by atoms with Crippen LogP contribution in [0.2, 0.25) is 0 Å². The number of aliphatic carboxylic acids is 2. The molecule has 0 saturated carbocycles. The van der Waals surface area contributed by atoms with E-state index in [1.807, 2.05) is 0 Å². The number of carbonyl (C=O) groups is 2. The van der Waals surface area contributed by atoms with Gasteiger partial charge >= 0.3 is 11.9 Å². The second-order valence-corrected chi connectivity index (χ2v) is 2.89. The number of ether oxygens (including phenoxy) is 1. The molecule has 0 aromatic carbocycles. The van der Waals surface area contributed by atoms with Gasteiger partial charge in [-0.25, -0.2) is 9.59 Å². The highest BCUT2D eigenvalue weighted by Gasteiger charge is 2.29. The van der Waals surface area contributed by atoms with Crippen LogP contribution in [-0.4, -0.2) is 57.8 Å². The summed E-state index contributed by atoms with van der Waals surface area (Å²) in [6.45, 7) is 2.00. The number of carboxylic acid groups (broad SMARTS) is 2. The van der Waals surface area contributed by atoms with Gasteiger partial charge in [0, 0.05) is 13.2 Å². The van der Waals surface area contributed by atoms with Gasteiger partial charge in [0.05, 0.1) is 0 Å². The van der Waals surface area contributed by atoms with Crippen molar-refractivity contribution in [1.82, 2.24) is 0 Å². The summed E-state index contributed by atoms with van der Waals surface area (Å²) in [4.78, 5) is 19.5. The van der Waals surface area contributed by atoms with Crippen LogP contribution in [0.25, 0.3) is 0 Å². The molecule has 0 bridgehead atoms. The Morgan fingerprint density at radius 2 is 1.27 bits per heavy atom. The van der Waals surface area contributed by atoms with Gasteiger partial charge in [-0.3, -0.25) is 0 Å². The van der Waals surface area contributed by atoms with Gasteiger partial charge in [0.25, 0.3) is 0 Å². The van der Waals surface area contributed by atoms with Crippen molar-refractivity contribution >= 4 is 11.9 Å². The molecule has 0 aliphatic carbocycles. The molecule has 1 aliphatic heterocycles. The second kappa shape index (κ2) is 7.16. The Hall–Kier alpha value is -1.18. The van der Waals surface area contributed by atoms with E-state index in [2.05, 4.69) is 0 Å². The predicted octanol–water partition coefficient (Wildman–Crippen LogP) is -1.33. The number of hydrogen-bond donors (Lipinski definition) is 4. The van der Waals surface area contributed by atoms with E-state index in [0.29, 0.717) is 0 Å². The topological polar surface area (TPSA) is 124 Å². The van der Waals surface area contributed by atoms with Crippen molar-refractivity contribution < 1.29 is 34.8 Å². The Balaban J connectivity index is 0.000000322. The minimum absolute atomic E-state index is 1.00. The Bertz CT molecular complexity index is 185. The first-order valence-electron chi connectivity index (χ1n) is 4.36. The lowest BCUT2D eigenvalue weighted by Crippen LogP contribution is -2.39. The average molecular weight is 222 g/mol. The Morgan fingerprint density at radius 1 is 0.933 bits per heavy atom. The lowest BCUT2D eigenvalue weighted by Gasteiger charge is -2.07. The van der Waals surface area contributed by atoms with Gasteiger partial charge in [0.2, 0.25) is 0 Å². The van der Waals surface area contributed by atoms with E-state index in [9.17, 15) is 9.59 Å². The maximum atomic E-state index is 9.77. The summed E-state index contributed by atoms with van der Waals surface area (Å²) in [5, 5.41) is 32.5. The summed E-state index contributed by atoms with van der Waals surface area (Å²) < 4.78 is 4.94. The maximum Gasteiger partial charge on any atom is 0.335 e. The third-order valence-electron chi connectivity index (χ3n) is 1.63. The summed E-state index contributed by atoms with van der Waals surface area (Å²) in [6.07, 6.45) is -1.98. The van der Waals surface area contributed by atoms with Gasteiger partial charge in [-0.2, -0.15) is 0 Å². The van der Waals surface area contributed by atoms with Crippen LogP contribution >= 0.6 is 0 Å². The lowest BCUT2D eigenvalue weighted by molar-refractivity contribution is -0.165. The van der Waals surface area contributed by atoms with Crippen LogP contribution in [0.1, 0.15) is 12.8 Å². The third kappa shape index (κ3) is 6.00. The summed E-state index contributed by atoms with van der Waals surface area (Å²) >= 11 is 0. The van der Waals surface area contributed by atoms with Gasteiger partial charge in [-0.15, -0.1) is 0 Å². The minimum Gasteiger partial charge on any atom is -0.479 e. The molecular formula is C8H14O7. The molecule has 0 aromatic heterocycles. The quantitative estimate of drug-likeness (QED) is 0.466. The van der Waals surface area contributed by atoms with Gasteiger partial charge in [-0.05, 0) is 12.8 Å². The van der Waals surface area contributed by atoms with Crippen molar-refractivity contribution in [3.63, 3.8) is 0 Å². The molecule has 0 aromatic rings. The van der Waals surface area contributed by atoms with Crippen molar-refractivity contribution in [2.75, 3.05) is 13.2 Å². The van der Waals surface area contributed by atoms with Crippen LogP contribution in [0, 0.1) is 0 Å². The molecule has 1 aliphatic rings. The summed E-state index contributed by atoms with van der Waals surface area (Å²) in [6, 6.07) is 0. The molecule has 4 N–H and O–H groups in total. The molecule has 0 amide bonds. The predicted molar refractivity (Wildman–Crippen MR) is 47.3 cm³/mol. The lowest BCUT2D eigenvalue weighted by atomic mass is 10.2. The molecule has 7 heteroatoms. The van der Waals surface area contributed by atoms with Crippen LogP contribution in [0.3, 0.4) is 0 Å². The van der Waals surface area contributed by atoms with Gasteiger partial charge in [0.15, 0.2) is 12.2 Å². The highest BCUT2D eigenvalue weighted by atomic mass is 16.5. The van der Waals surface area contributed by atoms with Crippen LogP contribution in [-0.2, 0) is 14.3 Å². The Labute approximate surface area is 85.9 Å². The zero-order valence-corrected chi connectivity index (χ0v) is 8.00. The second-order valence-electron chi connectivity index (χ2n) is 2.89. The van der Waals surface area contributed by atoms with Gasteiger partial charge < -0.3 is 25.2 Å². The molecule has 7 nitrogen and oxygen atoms in total. The van der Waals surface area contributed by atoms with Gasteiger partial charge in [0.1, 0.15) is 0 Å². The fraction of sp³-hybridized carbons (Fsp3) is 0.750. The molecule has 88 valence electrons. The van der Waals surface area contributed by atoms with E-state index < -0.39 is 24.1 Å². The van der Waals surface area contributed by atoms with E-state index in [1.165, 1.54) is 12.8 Å². The van der Waals surface area contributed by atoms with Crippen molar-refractivity contribution in [1.29, 1.82) is 0 Å². The van der Waals surface area contributed by atoms with E-state index in [1.54, 1.807) is 0 Å². The first kappa shape index (κ1) is 13.8. The van der Waals surface area contributed by atoms with Crippen molar-refractivity contribution in [2.45, 2.75) is 25.0 Å². The molecule has 0 unspecified atom stereocenters. The highest BCUT2D eigenvalue weighted by molar-refractivity contribution is 5.83. The molecule has 1 rings (SSSR count). The van der Waals surface area contributed by atoms with Crippen molar-refractivity contribution in [3.05, 3.63) is 0 Å². The molecule has 0 spiro atoms. The molecule has 1 saturated heterocycles. The molecule has 0 radical (unpaired) electrons. The van der Waals surface area contributed by atoms with E-state index in [0.717, 1.165) is 13.2 Å². The number of aliphatic hydroxyl groups excluding tert-OH is 2. The van der Waals surface area contributed by atoms with Crippen LogP contribution in [0.4, 0.5) is 0 Å². The zero-order chi connectivity index (χ0) is 11.8. The van der Waals surface area contributed by atoms with E-state index in [4.69, 9.17) is 25.2 Å². The standard InChI is InChI=1S/C4H6O6.C4H8O/c5-1(3(7)8)2(6)4(9)10;1-2-4-5-3-1/h1-2,5-6H,(H,7,8)(H,9,10);1-4H2/t1-,2-;/m1./s1. The van der Waals surface area contributed by atoms with Gasteiger partial charge in [-0.1, -0.05) is 0 Å². The minimum atomic E-state index is -2.27. The summed E-state index contributed by atoms with van der Waals surface area (Å²) in [5.74, 6) is -3.54. The molecular weight excluding hydrogens is 208 g/mol. The number of hydrogen-bond acceptors (Lipinski definition) is 5.